The van der Waals surface area contributed by atoms with E-state index in [1.165, 1.54) is 16.7 Å². The second-order valence-corrected chi connectivity index (χ2v) is 9.93. The lowest BCUT2D eigenvalue weighted by atomic mass is 10.1. The summed E-state index contributed by atoms with van der Waals surface area (Å²) in [6.45, 7) is 5.89. The molecule has 0 bridgehead atoms. The van der Waals surface area contributed by atoms with E-state index in [4.69, 9.17) is 23.2 Å². The van der Waals surface area contributed by atoms with Crippen LogP contribution in [0.25, 0.3) is 6.08 Å². The van der Waals surface area contributed by atoms with Crippen LogP contribution in [-0.2, 0) is 9.59 Å². The van der Waals surface area contributed by atoms with Crippen molar-refractivity contribution in [1.82, 2.24) is 0 Å². The monoisotopic (exact) mass is 523 g/mol. The van der Waals surface area contributed by atoms with Crippen LogP contribution in [0, 0.1) is 20.8 Å². The number of nitrogens with one attached hydrogen (secondary N) is 1. The molecule has 178 valence electrons. The zero-order valence-electron chi connectivity index (χ0n) is 19.4. The number of halogens is 2. The highest BCUT2D eigenvalue weighted by atomic mass is 35.5. The summed E-state index contributed by atoms with van der Waals surface area (Å²) < 4.78 is 0. The number of aryl methyl sites for hydroxylation is 3. The van der Waals surface area contributed by atoms with Crippen LogP contribution in [0.5, 0.6) is 0 Å². The third-order valence-corrected chi connectivity index (χ3v) is 7.12. The highest BCUT2D eigenvalue weighted by Gasteiger charge is 2.32. The Morgan fingerprint density at radius 3 is 2.34 bits per heavy atom. The van der Waals surface area contributed by atoms with E-state index >= 15 is 0 Å². The van der Waals surface area contributed by atoms with Crippen molar-refractivity contribution in [2.75, 3.05) is 16.0 Å². The van der Waals surface area contributed by atoms with Gasteiger partial charge in [-0.1, -0.05) is 76.9 Å². The molecule has 1 aliphatic rings. The maximum Gasteiger partial charge on any atom is 0.283 e. The summed E-state index contributed by atoms with van der Waals surface area (Å²) in [5.41, 5.74) is 5.49. The van der Waals surface area contributed by atoms with Crippen molar-refractivity contribution in [3.63, 3.8) is 0 Å². The molecule has 0 atom stereocenters. The van der Waals surface area contributed by atoms with Gasteiger partial charge in [-0.3, -0.25) is 14.5 Å². The van der Waals surface area contributed by atoms with Gasteiger partial charge in [-0.25, -0.2) is 4.99 Å². The quantitative estimate of drug-likeness (QED) is 0.365. The summed E-state index contributed by atoms with van der Waals surface area (Å²) in [7, 11) is 0. The van der Waals surface area contributed by atoms with Crippen LogP contribution in [0.4, 0.5) is 11.4 Å². The lowest BCUT2D eigenvalue weighted by molar-refractivity contribution is -0.114. The summed E-state index contributed by atoms with van der Waals surface area (Å²) in [5.74, 6) is -0.353. The first kappa shape index (κ1) is 25.0. The van der Waals surface area contributed by atoms with Gasteiger partial charge in [0.05, 0.1) is 21.5 Å². The minimum atomic E-state index is -0.280. The molecule has 0 aliphatic carbocycles. The molecular weight excluding hydrogens is 501 g/mol. The number of hydrogen-bond acceptors (Lipinski definition) is 4. The predicted octanol–water partition coefficient (Wildman–Crippen LogP) is 7.03. The van der Waals surface area contributed by atoms with E-state index in [1.807, 2.05) is 63.2 Å². The number of carbonyl (C=O) groups excluding carboxylic acids is 2. The predicted molar refractivity (Wildman–Crippen MR) is 148 cm³/mol. The van der Waals surface area contributed by atoms with Gasteiger partial charge in [0.1, 0.15) is 5.70 Å². The molecule has 1 N–H and O–H groups in total. The number of amidine groups is 1. The average Bonchev–Trinajstić information content (AvgIpc) is 3.13. The largest absolute Gasteiger partial charge is 0.325 e. The molecule has 0 aromatic heterocycles. The smallest absolute Gasteiger partial charge is 0.283 e. The number of aliphatic imine (C=N–C) groups is 1. The summed E-state index contributed by atoms with van der Waals surface area (Å²) in [5, 5.41) is 4.24. The molecular formula is C27H23Cl2N3O2S. The Morgan fingerprint density at radius 1 is 1.00 bits per heavy atom. The summed E-state index contributed by atoms with van der Waals surface area (Å²) in [6, 6.07) is 18.6. The molecule has 1 aliphatic heterocycles. The normalized spacial score (nSPS) is 14.4. The van der Waals surface area contributed by atoms with Gasteiger partial charge in [-0.05, 0) is 67.8 Å². The number of anilines is 2. The second kappa shape index (κ2) is 10.7. The third kappa shape index (κ3) is 5.78. The van der Waals surface area contributed by atoms with Crippen LogP contribution < -0.4 is 10.2 Å². The molecule has 5 nitrogen and oxygen atoms in total. The van der Waals surface area contributed by atoms with Gasteiger partial charge in [-0.2, -0.15) is 0 Å². The van der Waals surface area contributed by atoms with E-state index in [0.29, 0.717) is 26.5 Å². The zero-order chi connectivity index (χ0) is 25.1. The molecule has 1 heterocycles. The molecule has 0 fully saturated rings. The minimum Gasteiger partial charge on any atom is -0.325 e. The van der Waals surface area contributed by atoms with Gasteiger partial charge in [-0.15, -0.1) is 0 Å². The SMILES string of the molecule is Cc1ccc(N2C(=O)C(=Cc3ccc(Cl)c(Cl)c3)N=C2SCC(=O)Nc2c(C)cccc2C)cc1. The summed E-state index contributed by atoms with van der Waals surface area (Å²) in [6.07, 6.45) is 1.66. The summed E-state index contributed by atoms with van der Waals surface area (Å²) in [4.78, 5) is 32.2. The molecule has 2 amide bonds. The van der Waals surface area contributed by atoms with Gasteiger partial charge < -0.3 is 5.32 Å². The number of thioether (sulfide) groups is 1. The van der Waals surface area contributed by atoms with Crippen LogP contribution in [0.15, 0.2) is 71.4 Å². The Kier molecular flexibility index (Phi) is 7.65. The fourth-order valence-electron chi connectivity index (χ4n) is 3.59. The molecule has 0 saturated heterocycles. The lowest BCUT2D eigenvalue weighted by Gasteiger charge is -2.18. The molecule has 3 aromatic carbocycles. The summed E-state index contributed by atoms with van der Waals surface area (Å²) >= 11 is 13.4. The van der Waals surface area contributed by atoms with Crippen LogP contribution in [0.2, 0.25) is 10.0 Å². The van der Waals surface area contributed by atoms with Crippen LogP contribution in [0.3, 0.4) is 0 Å². The van der Waals surface area contributed by atoms with Crippen molar-refractivity contribution in [2.24, 2.45) is 4.99 Å². The molecule has 35 heavy (non-hydrogen) atoms. The minimum absolute atomic E-state index is 0.0995. The lowest BCUT2D eigenvalue weighted by Crippen LogP contribution is -2.31. The van der Waals surface area contributed by atoms with Crippen molar-refractivity contribution in [1.29, 1.82) is 0 Å². The van der Waals surface area contributed by atoms with E-state index < -0.39 is 0 Å². The van der Waals surface area contributed by atoms with Crippen molar-refractivity contribution >= 4 is 69.4 Å². The second-order valence-electron chi connectivity index (χ2n) is 8.18. The molecule has 4 rings (SSSR count). The van der Waals surface area contributed by atoms with Crippen LogP contribution >= 0.6 is 35.0 Å². The standard InChI is InChI=1S/C27H23Cl2N3O2S/c1-16-7-10-20(11-8-16)32-26(34)23(14-19-9-12-21(28)22(29)13-19)30-27(32)35-15-24(33)31-25-17(2)5-4-6-18(25)3/h4-14H,15H2,1-3H3,(H,31,33). The molecule has 0 saturated carbocycles. The highest BCUT2D eigenvalue weighted by molar-refractivity contribution is 8.14. The third-order valence-electron chi connectivity index (χ3n) is 5.45. The van der Waals surface area contributed by atoms with Crippen LogP contribution in [-0.4, -0.2) is 22.7 Å². The molecule has 0 unspecified atom stereocenters. The van der Waals surface area contributed by atoms with Crippen molar-refractivity contribution in [3.05, 3.63) is 98.7 Å². The van der Waals surface area contributed by atoms with Crippen molar-refractivity contribution in [3.8, 4) is 0 Å². The number of rotatable bonds is 5. The van der Waals surface area contributed by atoms with E-state index in [2.05, 4.69) is 10.3 Å². The number of para-hydroxylation sites is 1. The van der Waals surface area contributed by atoms with Gasteiger partial charge in [0.15, 0.2) is 5.17 Å². The molecule has 0 spiro atoms. The molecule has 0 radical (unpaired) electrons. The number of hydrogen-bond donors (Lipinski definition) is 1. The maximum absolute atomic E-state index is 13.4. The van der Waals surface area contributed by atoms with Gasteiger partial charge >= 0.3 is 0 Å². The zero-order valence-corrected chi connectivity index (χ0v) is 21.8. The Labute approximate surface area is 218 Å². The first-order valence-corrected chi connectivity index (χ1v) is 12.6. The Hall–Kier alpha value is -3.06. The molecule has 3 aromatic rings. The average molecular weight is 524 g/mol. The first-order chi connectivity index (χ1) is 16.7. The van der Waals surface area contributed by atoms with Crippen LogP contribution in [0.1, 0.15) is 22.3 Å². The van der Waals surface area contributed by atoms with E-state index in [0.717, 1.165) is 22.4 Å². The Balaban J connectivity index is 1.60. The first-order valence-electron chi connectivity index (χ1n) is 10.9. The number of carbonyl (C=O) groups is 2. The highest BCUT2D eigenvalue weighted by Crippen LogP contribution is 2.31. The van der Waals surface area contributed by atoms with E-state index in [1.54, 1.807) is 24.3 Å². The Morgan fingerprint density at radius 2 is 1.69 bits per heavy atom. The van der Waals surface area contributed by atoms with Gasteiger partial charge in [0.25, 0.3) is 5.91 Å². The topological polar surface area (TPSA) is 61.8 Å². The number of benzene rings is 3. The van der Waals surface area contributed by atoms with Gasteiger partial charge in [0, 0.05) is 5.69 Å². The number of amides is 2. The number of nitrogens with zero attached hydrogens (tertiary/aromatic N) is 2. The van der Waals surface area contributed by atoms with Crippen molar-refractivity contribution < 1.29 is 9.59 Å². The maximum atomic E-state index is 13.4. The van der Waals surface area contributed by atoms with E-state index in [9.17, 15) is 9.59 Å². The fourth-order valence-corrected chi connectivity index (χ4v) is 4.71. The molecule has 8 heteroatoms. The fraction of sp³-hybridized carbons (Fsp3) is 0.148. The van der Waals surface area contributed by atoms with E-state index in [-0.39, 0.29) is 23.3 Å². The van der Waals surface area contributed by atoms with Gasteiger partial charge in [0.2, 0.25) is 5.91 Å². The van der Waals surface area contributed by atoms with Crippen molar-refractivity contribution in [2.45, 2.75) is 20.8 Å². The Bertz CT molecular complexity index is 1350.